The summed E-state index contributed by atoms with van der Waals surface area (Å²) in [6.07, 6.45) is 0.915. The molecule has 0 atom stereocenters. The van der Waals surface area contributed by atoms with Gasteiger partial charge in [0.2, 0.25) is 0 Å². The van der Waals surface area contributed by atoms with Crippen molar-refractivity contribution in [1.82, 2.24) is 4.90 Å². The van der Waals surface area contributed by atoms with Crippen LogP contribution in [0.3, 0.4) is 0 Å². The van der Waals surface area contributed by atoms with Gasteiger partial charge in [0.05, 0.1) is 18.7 Å². The van der Waals surface area contributed by atoms with Crippen molar-refractivity contribution in [2.75, 3.05) is 11.9 Å². The Balaban J connectivity index is 1.68. The number of imide groups is 1. The van der Waals surface area contributed by atoms with E-state index in [-0.39, 0.29) is 18.4 Å². The van der Waals surface area contributed by atoms with E-state index in [9.17, 15) is 9.59 Å². The van der Waals surface area contributed by atoms with Crippen LogP contribution in [0.4, 0.5) is 5.69 Å². The van der Waals surface area contributed by atoms with E-state index < -0.39 is 0 Å². The van der Waals surface area contributed by atoms with Crippen LogP contribution in [-0.2, 0) is 16.1 Å². The van der Waals surface area contributed by atoms with Gasteiger partial charge in [-0.1, -0.05) is 75.4 Å². The number of hydrogen-bond acceptors (Lipinski definition) is 4. The van der Waals surface area contributed by atoms with Gasteiger partial charge in [-0.05, 0) is 53.3 Å². The Kier molecular flexibility index (Phi) is 7.12. The van der Waals surface area contributed by atoms with Gasteiger partial charge >= 0.3 is 0 Å². The Morgan fingerprint density at radius 1 is 0.853 bits per heavy atom. The number of rotatable bonds is 9. The highest BCUT2D eigenvalue weighted by Gasteiger charge is 2.39. The second-order valence-electron chi connectivity index (χ2n) is 8.71. The van der Waals surface area contributed by atoms with E-state index in [2.05, 4.69) is 26.1 Å². The maximum absolute atomic E-state index is 13.5. The molecule has 0 unspecified atom stereocenters. The molecule has 3 aromatic rings. The number of carbonyl (C=O) groups is 2. The van der Waals surface area contributed by atoms with Gasteiger partial charge in [0.15, 0.2) is 0 Å². The van der Waals surface area contributed by atoms with Crippen LogP contribution < -0.4 is 10.1 Å². The zero-order valence-corrected chi connectivity index (χ0v) is 19.9. The van der Waals surface area contributed by atoms with Crippen LogP contribution in [0.15, 0.2) is 84.6 Å². The van der Waals surface area contributed by atoms with Crippen LogP contribution in [0.1, 0.15) is 49.8 Å². The molecule has 0 aliphatic carbocycles. The number of hydrogen-bond donors (Lipinski definition) is 1. The molecule has 34 heavy (non-hydrogen) atoms. The Labute approximate surface area is 201 Å². The normalized spacial score (nSPS) is 13.7. The van der Waals surface area contributed by atoms with Crippen molar-refractivity contribution < 1.29 is 14.3 Å². The molecule has 0 bridgehead atoms. The topological polar surface area (TPSA) is 58.6 Å². The van der Waals surface area contributed by atoms with E-state index in [0.717, 1.165) is 23.4 Å². The SMILES string of the molecule is CCCOc1ccc(C2=C(Nc3ccc(C(C)C)cc3)C(=O)N(Cc3ccccc3)C2=O)cc1. The molecule has 0 saturated carbocycles. The first kappa shape index (κ1) is 23.3. The molecule has 0 fully saturated rings. The minimum atomic E-state index is -0.330. The molecule has 0 saturated heterocycles. The monoisotopic (exact) mass is 454 g/mol. The van der Waals surface area contributed by atoms with Gasteiger partial charge in [-0.2, -0.15) is 0 Å². The Bertz CT molecular complexity index is 1180. The maximum atomic E-state index is 13.5. The Morgan fingerprint density at radius 3 is 2.15 bits per heavy atom. The lowest BCUT2D eigenvalue weighted by Crippen LogP contribution is -2.31. The number of anilines is 1. The maximum Gasteiger partial charge on any atom is 0.278 e. The van der Waals surface area contributed by atoms with Gasteiger partial charge < -0.3 is 10.1 Å². The van der Waals surface area contributed by atoms with Crippen LogP contribution in [0.5, 0.6) is 5.75 Å². The van der Waals surface area contributed by atoms with Gasteiger partial charge in [0, 0.05) is 5.69 Å². The summed E-state index contributed by atoms with van der Waals surface area (Å²) in [5.74, 6) is 0.511. The third-order valence-electron chi connectivity index (χ3n) is 5.81. The fourth-order valence-electron chi connectivity index (χ4n) is 3.90. The molecule has 3 aromatic carbocycles. The van der Waals surface area contributed by atoms with Gasteiger partial charge in [0.25, 0.3) is 11.8 Å². The van der Waals surface area contributed by atoms with E-state index in [1.807, 2.05) is 78.9 Å². The highest BCUT2D eigenvalue weighted by molar-refractivity contribution is 6.36. The first-order valence-corrected chi connectivity index (χ1v) is 11.7. The standard InChI is InChI=1S/C29H30N2O3/c1-4-18-34-25-16-12-23(13-17-25)26-27(30-24-14-10-22(11-15-24)20(2)3)29(33)31(28(26)32)19-21-8-6-5-7-9-21/h5-17,20,30H,4,18-19H2,1-3H3. The van der Waals surface area contributed by atoms with Crippen molar-refractivity contribution >= 4 is 23.1 Å². The molecule has 5 nitrogen and oxygen atoms in total. The molecule has 1 N–H and O–H groups in total. The third kappa shape index (κ3) is 5.04. The molecule has 1 aliphatic rings. The van der Waals surface area contributed by atoms with Crippen molar-refractivity contribution in [3.63, 3.8) is 0 Å². The van der Waals surface area contributed by atoms with E-state index in [4.69, 9.17) is 4.74 Å². The van der Waals surface area contributed by atoms with Crippen molar-refractivity contribution in [3.8, 4) is 5.75 Å². The molecule has 0 radical (unpaired) electrons. The second-order valence-corrected chi connectivity index (χ2v) is 8.71. The zero-order valence-electron chi connectivity index (χ0n) is 19.9. The number of carbonyl (C=O) groups excluding carboxylic acids is 2. The minimum Gasteiger partial charge on any atom is -0.494 e. The molecule has 0 aromatic heterocycles. The van der Waals surface area contributed by atoms with Crippen LogP contribution in [0.2, 0.25) is 0 Å². The average molecular weight is 455 g/mol. The van der Waals surface area contributed by atoms with Crippen LogP contribution in [-0.4, -0.2) is 23.3 Å². The van der Waals surface area contributed by atoms with Crippen LogP contribution in [0.25, 0.3) is 5.57 Å². The van der Waals surface area contributed by atoms with Gasteiger partial charge in [-0.25, -0.2) is 0 Å². The highest BCUT2D eigenvalue weighted by Crippen LogP contribution is 2.32. The molecule has 4 rings (SSSR count). The summed E-state index contributed by atoms with van der Waals surface area (Å²) in [6, 6.07) is 24.9. The zero-order chi connectivity index (χ0) is 24.1. The quantitative estimate of drug-likeness (QED) is 0.404. The Morgan fingerprint density at radius 2 is 1.53 bits per heavy atom. The summed E-state index contributed by atoms with van der Waals surface area (Å²) >= 11 is 0. The van der Waals surface area contributed by atoms with E-state index >= 15 is 0 Å². The van der Waals surface area contributed by atoms with Crippen LogP contribution in [0, 0.1) is 0 Å². The number of benzene rings is 3. The highest BCUT2D eigenvalue weighted by atomic mass is 16.5. The fourth-order valence-corrected chi connectivity index (χ4v) is 3.90. The second kappa shape index (κ2) is 10.4. The first-order chi connectivity index (χ1) is 16.5. The summed E-state index contributed by atoms with van der Waals surface area (Å²) in [5, 5.41) is 3.24. The minimum absolute atomic E-state index is 0.219. The van der Waals surface area contributed by atoms with E-state index in [1.54, 1.807) is 0 Å². The number of ether oxygens (including phenoxy) is 1. The van der Waals surface area contributed by atoms with Gasteiger partial charge in [0.1, 0.15) is 11.4 Å². The van der Waals surface area contributed by atoms with E-state index in [1.165, 1.54) is 10.5 Å². The lowest BCUT2D eigenvalue weighted by Gasteiger charge is -2.15. The summed E-state index contributed by atoms with van der Waals surface area (Å²) < 4.78 is 5.68. The third-order valence-corrected chi connectivity index (χ3v) is 5.81. The number of amides is 2. The summed E-state index contributed by atoms with van der Waals surface area (Å²) in [6.45, 7) is 7.17. The van der Waals surface area contributed by atoms with Gasteiger partial charge in [-0.3, -0.25) is 14.5 Å². The van der Waals surface area contributed by atoms with Crippen molar-refractivity contribution in [2.45, 2.75) is 39.7 Å². The molecule has 1 heterocycles. The predicted molar refractivity (Wildman–Crippen MR) is 135 cm³/mol. The lowest BCUT2D eigenvalue weighted by molar-refractivity contribution is -0.137. The van der Waals surface area contributed by atoms with Crippen LogP contribution >= 0.6 is 0 Å². The summed E-state index contributed by atoms with van der Waals surface area (Å²) in [5.41, 5.74) is 4.22. The molecule has 1 aliphatic heterocycles. The summed E-state index contributed by atoms with van der Waals surface area (Å²) in [7, 11) is 0. The van der Waals surface area contributed by atoms with Gasteiger partial charge in [-0.15, -0.1) is 0 Å². The molecular weight excluding hydrogens is 424 g/mol. The summed E-state index contributed by atoms with van der Waals surface area (Å²) in [4.78, 5) is 28.3. The number of nitrogens with one attached hydrogen (secondary N) is 1. The largest absolute Gasteiger partial charge is 0.494 e. The fraction of sp³-hybridized carbons (Fsp3) is 0.241. The van der Waals surface area contributed by atoms with Crippen molar-refractivity contribution in [1.29, 1.82) is 0 Å². The first-order valence-electron chi connectivity index (χ1n) is 11.7. The smallest absolute Gasteiger partial charge is 0.278 e. The van der Waals surface area contributed by atoms with Crippen molar-refractivity contribution in [2.24, 2.45) is 0 Å². The molecule has 174 valence electrons. The van der Waals surface area contributed by atoms with Crippen molar-refractivity contribution in [3.05, 3.63) is 101 Å². The molecule has 0 spiro atoms. The molecule has 5 heteroatoms. The predicted octanol–water partition coefficient (Wildman–Crippen LogP) is 5.99. The molecular formula is C29H30N2O3. The molecule has 2 amide bonds. The average Bonchev–Trinajstić information content (AvgIpc) is 3.08. The van der Waals surface area contributed by atoms with E-state index in [0.29, 0.717) is 29.4 Å². The lowest BCUT2D eigenvalue weighted by atomic mass is 10.0. The Hall–Kier alpha value is -3.86. The number of nitrogens with zero attached hydrogens (tertiary/aromatic N) is 1.